The zero-order chi connectivity index (χ0) is 12.7. The van der Waals surface area contributed by atoms with Gasteiger partial charge in [-0.15, -0.1) is 0 Å². The number of carboxylic acid groups (broad SMARTS) is 1. The summed E-state index contributed by atoms with van der Waals surface area (Å²) >= 11 is 0. The van der Waals surface area contributed by atoms with E-state index in [1.54, 1.807) is 0 Å². The van der Waals surface area contributed by atoms with Crippen LogP contribution in [-0.4, -0.2) is 48.3 Å². The van der Waals surface area contributed by atoms with E-state index in [9.17, 15) is 14.4 Å². The Morgan fingerprint density at radius 2 is 1.62 bits per heavy atom. The van der Waals surface area contributed by atoms with Gasteiger partial charge in [-0.05, 0) is 0 Å². The smallest absolute Gasteiger partial charge is 0.326 e. The second-order valence-electron chi connectivity index (χ2n) is 2.98. The highest BCUT2D eigenvalue weighted by molar-refractivity contribution is 5.77. The molecule has 0 spiro atoms. The fraction of sp³-hybridized carbons (Fsp3) is 0.625. The fourth-order valence-electron chi connectivity index (χ4n) is 0.625. The third-order valence-electron chi connectivity index (χ3n) is 1.49. The van der Waals surface area contributed by atoms with Crippen molar-refractivity contribution in [2.75, 3.05) is 13.2 Å². The van der Waals surface area contributed by atoms with Crippen molar-refractivity contribution < 1.29 is 29.0 Å². The van der Waals surface area contributed by atoms with Crippen LogP contribution in [0.5, 0.6) is 0 Å². The third kappa shape index (κ3) is 5.94. The Morgan fingerprint density at radius 1 is 1.12 bits per heavy atom. The zero-order valence-electron chi connectivity index (χ0n) is 8.71. The van der Waals surface area contributed by atoms with Crippen molar-refractivity contribution in [1.82, 2.24) is 0 Å². The van der Waals surface area contributed by atoms with Crippen LogP contribution >= 0.6 is 0 Å². The monoisotopic (exact) mass is 234 g/mol. The molecule has 0 saturated carbocycles. The molecule has 0 aromatic carbocycles. The maximum atomic E-state index is 11.1. The van der Waals surface area contributed by atoms with E-state index in [0.29, 0.717) is 0 Å². The minimum atomic E-state index is -1.30. The van der Waals surface area contributed by atoms with E-state index in [-0.39, 0.29) is 6.61 Å². The number of hydrogen-bond acceptors (Lipinski definition) is 7. The van der Waals surface area contributed by atoms with E-state index < -0.39 is 36.6 Å². The van der Waals surface area contributed by atoms with Gasteiger partial charge in [-0.2, -0.15) is 0 Å². The summed E-state index contributed by atoms with van der Waals surface area (Å²) in [7, 11) is 0. The molecule has 0 heterocycles. The lowest BCUT2D eigenvalue weighted by Gasteiger charge is -2.12. The predicted octanol–water partition coefficient (Wildman–Crippen LogP) is -2.17. The van der Waals surface area contributed by atoms with E-state index in [2.05, 4.69) is 9.47 Å². The summed E-state index contributed by atoms with van der Waals surface area (Å²) in [5, 5.41) is 8.39. The molecular formula is C8H14N2O6. The summed E-state index contributed by atoms with van der Waals surface area (Å²) in [4.78, 5) is 31.8. The fourth-order valence-corrected chi connectivity index (χ4v) is 0.625. The lowest BCUT2D eigenvalue weighted by Crippen LogP contribution is -2.41. The van der Waals surface area contributed by atoms with Crippen molar-refractivity contribution in [1.29, 1.82) is 0 Å². The molecular weight excluding hydrogens is 220 g/mol. The van der Waals surface area contributed by atoms with Gasteiger partial charge in [0.25, 0.3) is 0 Å². The van der Waals surface area contributed by atoms with Gasteiger partial charge >= 0.3 is 17.9 Å². The number of ether oxygens (including phenoxy) is 2. The molecule has 0 unspecified atom stereocenters. The Kier molecular flexibility index (Phi) is 6.04. The van der Waals surface area contributed by atoms with Crippen LogP contribution in [0.3, 0.4) is 0 Å². The summed E-state index contributed by atoms with van der Waals surface area (Å²) in [6, 6.07) is -2.45. The summed E-state index contributed by atoms with van der Waals surface area (Å²) in [5.74, 6) is -2.75. The second-order valence-corrected chi connectivity index (χ2v) is 2.98. The van der Waals surface area contributed by atoms with Crippen molar-refractivity contribution in [2.24, 2.45) is 11.5 Å². The highest BCUT2D eigenvalue weighted by Gasteiger charge is 2.19. The van der Waals surface area contributed by atoms with Crippen molar-refractivity contribution in [3.63, 3.8) is 0 Å². The van der Waals surface area contributed by atoms with Crippen LogP contribution in [0.2, 0.25) is 0 Å². The first-order valence-electron chi connectivity index (χ1n) is 4.38. The quantitative estimate of drug-likeness (QED) is 0.441. The van der Waals surface area contributed by atoms with Gasteiger partial charge in [0.15, 0.2) is 0 Å². The van der Waals surface area contributed by atoms with Crippen molar-refractivity contribution in [3.05, 3.63) is 0 Å². The third-order valence-corrected chi connectivity index (χ3v) is 1.49. The van der Waals surface area contributed by atoms with Gasteiger partial charge in [-0.25, -0.2) is 0 Å². The number of carbonyl (C=O) groups is 3. The number of aliphatic carboxylic acids is 1. The number of carboxylic acids is 1. The normalized spacial score (nSPS) is 13.7. The molecule has 5 N–H and O–H groups in total. The average Bonchev–Trinajstić information content (AvgIpc) is 2.21. The maximum absolute atomic E-state index is 11.1. The van der Waals surface area contributed by atoms with Gasteiger partial charge in [0, 0.05) is 6.92 Å². The largest absolute Gasteiger partial charge is 0.480 e. The summed E-state index contributed by atoms with van der Waals surface area (Å²) in [6.07, 6.45) is 0. The molecule has 0 bridgehead atoms. The molecule has 16 heavy (non-hydrogen) atoms. The highest BCUT2D eigenvalue weighted by Crippen LogP contribution is 1.90. The van der Waals surface area contributed by atoms with Crippen LogP contribution in [0.25, 0.3) is 0 Å². The average molecular weight is 234 g/mol. The summed E-state index contributed by atoms with van der Waals surface area (Å²) in [5.41, 5.74) is 10.4. The molecule has 92 valence electrons. The van der Waals surface area contributed by atoms with Crippen molar-refractivity contribution in [3.8, 4) is 0 Å². The van der Waals surface area contributed by atoms with E-state index in [0.717, 1.165) is 0 Å². The highest BCUT2D eigenvalue weighted by atomic mass is 16.6. The van der Waals surface area contributed by atoms with Crippen LogP contribution in [0.4, 0.5) is 0 Å². The van der Waals surface area contributed by atoms with Crippen molar-refractivity contribution in [2.45, 2.75) is 19.0 Å². The maximum Gasteiger partial charge on any atom is 0.326 e. The summed E-state index contributed by atoms with van der Waals surface area (Å²) < 4.78 is 8.96. The van der Waals surface area contributed by atoms with Crippen LogP contribution in [0.15, 0.2) is 0 Å². The predicted molar refractivity (Wildman–Crippen MR) is 51.2 cm³/mol. The molecule has 0 amide bonds. The minimum Gasteiger partial charge on any atom is -0.480 e. The standard InChI is InChI=1S/C8H14N2O6/c1-4(11)15-3-6(10)8(14)16-2-5(9)7(12)13/h5-6H,2-3,9-10H2,1H3,(H,12,13)/t5-,6-/m0/s1. The number of hydrogen-bond donors (Lipinski definition) is 3. The molecule has 0 aliphatic heterocycles. The first-order valence-corrected chi connectivity index (χ1v) is 4.38. The molecule has 8 heteroatoms. The van der Waals surface area contributed by atoms with E-state index in [4.69, 9.17) is 16.6 Å². The Balaban J connectivity index is 3.87. The van der Waals surface area contributed by atoms with Gasteiger partial charge < -0.3 is 26.0 Å². The SMILES string of the molecule is CC(=O)OC[C@H](N)C(=O)OC[C@H](N)C(=O)O. The lowest BCUT2D eigenvalue weighted by atomic mass is 10.3. The van der Waals surface area contributed by atoms with E-state index in [1.165, 1.54) is 6.92 Å². The molecule has 0 fully saturated rings. The minimum absolute atomic E-state index is 0.323. The van der Waals surface area contributed by atoms with E-state index >= 15 is 0 Å². The van der Waals surface area contributed by atoms with Crippen molar-refractivity contribution >= 4 is 17.9 Å². The number of rotatable bonds is 6. The number of carbonyl (C=O) groups excluding carboxylic acids is 2. The second kappa shape index (κ2) is 6.75. The van der Waals surface area contributed by atoms with Crippen LogP contribution in [-0.2, 0) is 23.9 Å². The number of esters is 2. The Hall–Kier alpha value is -1.67. The topological polar surface area (TPSA) is 142 Å². The Bertz CT molecular complexity index is 280. The molecule has 0 rings (SSSR count). The zero-order valence-corrected chi connectivity index (χ0v) is 8.71. The first kappa shape index (κ1) is 14.3. The number of nitrogens with two attached hydrogens (primary N) is 2. The van der Waals surface area contributed by atoms with Gasteiger partial charge in [0.1, 0.15) is 25.3 Å². The molecule has 0 aliphatic carbocycles. The van der Waals surface area contributed by atoms with Gasteiger partial charge in [-0.1, -0.05) is 0 Å². The molecule has 2 atom stereocenters. The van der Waals surface area contributed by atoms with E-state index in [1.807, 2.05) is 0 Å². The van der Waals surface area contributed by atoms with Gasteiger partial charge in [0.2, 0.25) is 0 Å². The molecule has 0 aromatic rings. The lowest BCUT2D eigenvalue weighted by molar-refractivity contribution is -0.151. The van der Waals surface area contributed by atoms with Gasteiger partial charge in [0.05, 0.1) is 0 Å². The Morgan fingerprint density at radius 3 is 2.06 bits per heavy atom. The molecule has 0 saturated heterocycles. The molecule has 8 nitrogen and oxygen atoms in total. The first-order chi connectivity index (χ1) is 7.34. The molecule has 0 aromatic heterocycles. The van der Waals surface area contributed by atoms with Crippen LogP contribution in [0.1, 0.15) is 6.92 Å². The van der Waals surface area contributed by atoms with Gasteiger partial charge in [-0.3, -0.25) is 14.4 Å². The summed E-state index contributed by atoms with van der Waals surface area (Å²) in [6.45, 7) is 0.358. The van der Waals surface area contributed by atoms with Crippen LogP contribution in [0, 0.1) is 0 Å². The Labute approximate surface area is 91.5 Å². The molecule has 0 radical (unpaired) electrons. The van der Waals surface area contributed by atoms with Crippen LogP contribution < -0.4 is 11.5 Å². The molecule has 0 aliphatic rings.